The number of rotatable bonds is 1. The smallest absolute Gasteiger partial charge is 0.170 e. The van der Waals surface area contributed by atoms with Gasteiger partial charge in [-0.15, -0.1) is 0 Å². The zero-order chi connectivity index (χ0) is 12.7. The second kappa shape index (κ2) is 4.39. The van der Waals surface area contributed by atoms with Gasteiger partial charge < -0.3 is 9.42 Å². The zero-order valence-corrected chi connectivity index (χ0v) is 11.4. The summed E-state index contributed by atoms with van der Waals surface area (Å²) in [6, 6.07) is 5.03. The van der Waals surface area contributed by atoms with E-state index in [0.717, 1.165) is 37.2 Å². The van der Waals surface area contributed by atoms with Gasteiger partial charge in [-0.1, -0.05) is 11.2 Å². The van der Waals surface area contributed by atoms with Crippen LogP contribution in [0.25, 0.3) is 11.0 Å². The van der Waals surface area contributed by atoms with Gasteiger partial charge in [0.1, 0.15) is 0 Å². The third kappa shape index (κ3) is 1.83. The van der Waals surface area contributed by atoms with Crippen LogP contribution in [0.5, 0.6) is 0 Å². The van der Waals surface area contributed by atoms with Crippen molar-refractivity contribution >= 4 is 11.0 Å². The molecule has 2 aromatic rings. The van der Waals surface area contributed by atoms with E-state index in [4.69, 9.17) is 4.52 Å². The minimum Gasteiger partial charge on any atom is -0.356 e. The lowest BCUT2D eigenvalue weighted by Gasteiger charge is -2.23. The van der Waals surface area contributed by atoms with Crippen LogP contribution in [0.3, 0.4) is 0 Å². The summed E-state index contributed by atoms with van der Waals surface area (Å²) in [5, 5.41) is 5.27. The molecule has 0 saturated heterocycles. The molecule has 0 atom stereocenters. The van der Waals surface area contributed by atoms with Crippen LogP contribution >= 0.6 is 0 Å². The molecule has 3 rings (SSSR count). The number of hydrogen-bond donors (Lipinski definition) is 0. The first kappa shape index (κ1) is 11.7. The van der Waals surface area contributed by atoms with Crippen molar-refractivity contribution in [3.05, 3.63) is 29.0 Å². The van der Waals surface area contributed by atoms with E-state index in [-0.39, 0.29) is 0 Å². The average molecular weight is 244 g/mol. The van der Waals surface area contributed by atoms with Gasteiger partial charge in [-0.3, -0.25) is 0 Å². The predicted molar refractivity (Wildman–Crippen MR) is 72.9 cm³/mol. The predicted octanol–water partition coefficient (Wildman–Crippen LogP) is 2.95. The lowest BCUT2D eigenvalue weighted by atomic mass is 10.00. The van der Waals surface area contributed by atoms with Crippen molar-refractivity contribution in [2.24, 2.45) is 0 Å². The van der Waals surface area contributed by atoms with Crippen molar-refractivity contribution < 1.29 is 4.52 Å². The van der Waals surface area contributed by atoms with Gasteiger partial charge in [0.25, 0.3) is 0 Å². The van der Waals surface area contributed by atoms with E-state index in [1.54, 1.807) is 0 Å². The van der Waals surface area contributed by atoms with E-state index in [0.29, 0.717) is 6.04 Å². The highest BCUT2D eigenvalue weighted by Gasteiger charge is 2.20. The number of aryl methyl sites for hydroxylation is 1. The highest BCUT2D eigenvalue weighted by atomic mass is 16.5. The van der Waals surface area contributed by atoms with Gasteiger partial charge in [0.05, 0.1) is 5.69 Å². The topological polar surface area (TPSA) is 29.3 Å². The van der Waals surface area contributed by atoms with Crippen LogP contribution < -0.4 is 0 Å². The molecule has 0 saturated carbocycles. The van der Waals surface area contributed by atoms with Crippen molar-refractivity contribution in [1.82, 2.24) is 10.1 Å². The third-order valence-corrected chi connectivity index (χ3v) is 4.07. The fourth-order valence-corrected chi connectivity index (χ4v) is 2.88. The summed E-state index contributed by atoms with van der Waals surface area (Å²) in [4.78, 5) is 2.54. The Balaban J connectivity index is 2.03. The number of benzene rings is 1. The van der Waals surface area contributed by atoms with Gasteiger partial charge in [0.2, 0.25) is 0 Å². The summed E-state index contributed by atoms with van der Waals surface area (Å²) in [5.41, 5.74) is 4.81. The molecule has 0 fully saturated rings. The summed E-state index contributed by atoms with van der Waals surface area (Å²) < 4.78 is 5.53. The normalized spacial score (nSPS) is 17.1. The van der Waals surface area contributed by atoms with Gasteiger partial charge in [-0.2, -0.15) is 0 Å². The SMILES string of the molecule is Cc1noc2c3c(ccc12)CCN(C(C)C)CC3. The molecule has 0 unspecified atom stereocenters. The van der Waals surface area contributed by atoms with Crippen LogP contribution in [-0.2, 0) is 12.8 Å². The first-order chi connectivity index (χ1) is 8.66. The standard InChI is InChI=1S/C15H20N2O/c1-10(2)17-8-6-12-4-5-13-11(3)16-18-15(13)14(12)7-9-17/h4-5,10H,6-9H2,1-3H3. The zero-order valence-electron chi connectivity index (χ0n) is 11.4. The van der Waals surface area contributed by atoms with E-state index < -0.39 is 0 Å². The van der Waals surface area contributed by atoms with Crippen LogP contribution in [0.2, 0.25) is 0 Å². The van der Waals surface area contributed by atoms with Gasteiger partial charge in [-0.05, 0) is 45.2 Å². The molecule has 18 heavy (non-hydrogen) atoms. The summed E-state index contributed by atoms with van der Waals surface area (Å²) in [5.74, 6) is 0. The van der Waals surface area contributed by atoms with E-state index in [2.05, 4.69) is 36.0 Å². The Labute approximate surface area is 108 Å². The maximum Gasteiger partial charge on any atom is 0.170 e. The van der Waals surface area contributed by atoms with Gasteiger partial charge in [0.15, 0.2) is 5.58 Å². The van der Waals surface area contributed by atoms with Crippen molar-refractivity contribution in [2.45, 2.75) is 39.7 Å². The quantitative estimate of drug-likeness (QED) is 0.772. The number of aromatic nitrogens is 1. The number of nitrogens with zero attached hydrogens (tertiary/aromatic N) is 2. The first-order valence-corrected chi connectivity index (χ1v) is 6.77. The summed E-state index contributed by atoms with van der Waals surface area (Å²) in [6.07, 6.45) is 2.18. The number of hydrogen-bond acceptors (Lipinski definition) is 3. The molecular weight excluding hydrogens is 224 g/mol. The number of fused-ring (bicyclic) bond motifs is 3. The molecule has 0 bridgehead atoms. The van der Waals surface area contributed by atoms with Crippen LogP contribution in [0.1, 0.15) is 30.7 Å². The molecule has 1 aliphatic heterocycles. The first-order valence-electron chi connectivity index (χ1n) is 6.77. The molecule has 0 amide bonds. The second-order valence-electron chi connectivity index (χ2n) is 5.48. The van der Waals surface area contributed by atoms with Crippen LogP contribution in [0.15, 0.2) is 16.7 Å². The lowest BCUT2D eigenvalue weighted by Crippen LogP contribution is -2.32. The molecule has 96 valence electrons. The molecule has 2 heterocycles. The van der Waals surface area contributed by atoms with Gasteiger partial charge >= 0.3 is 0 Å². The molecule has 0 spiro atoms. The van der Waals surface area contributed by atoms with Crippen molar-refractivity contribution in [3.8, 4) is 0 Å². The Morgan fingerprint density at radius 2 is 2.00 bits per heavy atom. The molecule has 3 nitrogen and oxygen atoms in total. The maximum atomic E-state index is 5.53. The molecule has 0 radical (unpaired) electrons. The lowest BCUT2D eigenvalue weighted by molar-refractivity contribution is 0.233. The molecule has 0 N–H and O–H groups in total. The maximum absolute atomic E-state index is 5.53. The van der Waals surface area contributed by atoms with Crippen molar-refractivity contribution in [3.63, 3.8) is 0 Å². The molecule has 1 aliphatic rings. The van der Waals surface area contributed by atoms with Gasteiger partial charge in [-0.25, -0.2) is 0 Å². The Morgan fingerprint density at radius 3 is 2.78 bits per heavy atom. The summed E-state index contributed by atoms with van der Waals surface area (Å²) in [7, 11) is 0. The molecular formula is C15H20N2O. The van der Waals surface area contributed by atoms with Crippen molar-refractivity contribution in [1.29, 1.82) is 0 Å². The summed E-state index contributed by atoms with van der Waals surface area (Å²) >= 11 is 0. The molecule has 3 heteroatoms. The highest BCUT2D eigenvalue weighted by Crippen LogP contribution is 2.28. The highest BCUT2D eigenvalue weighted by molar-refractivity contribution is 5.83. The minimum atomic E-state index is 0.617. The Kier molecular flexibility index (Phi) is 2.86. The monoisotopic (exact) mass is 244 g/mol. The second-order valence-corrected chi connectivity index (χ2v) is 5.48. The Bertz CT molecular complexity index is 571. The van der Waals surface area contributed by atoms with Crippen molar-refractivity contribution in [2.75, 3.05) is 13.1 Å². The van der Waals surface area contributed by atoms with E-state index in [1.165, 1.54) is 16.5 Å². The Morgan fingerprint density at radius 1 is 1.22 bits per heavy atom. The van der Waals surface area contributed by atoms with Crippen LogP contribution in [0, 0.1) is 6.92 Å². The largest absolute Gasteiger partial charge is 0.356 e. The van der Waals surface area contributed by atoms with E-state index >= 15 is 0 Å². The fourth-order valence-electron chi connectivity index (χ4n) is 2.88. The molecule has 1 aromatic carbocycles. The third-order valence-electron chi connectivity index (χ3n) is 4.07. The Hall–Kier alpha value is -1.35. The average Bonchev–Trinajstić information content (AvgIpc) is 2.61. The molecule has 0 aliphatic carbocycles. The van der Waals surface area contributed by atoms with Crippen LogP contribution in [0.4, 0.5) is 0 Å². The molecule has 1 aromatic heterocycles. The minimum absolute atomic E-state index is 0.617. The summed E-state index contributed by atoms with van der Waals surface area (Å²) in [6.45, 7) is 8.80. The van der Waals surface area contributed by atoms with E-state index in [9.17, 15) is 0 Å². The van der Waals surface area contributed by atoms with Crippen LogP contribution in [-0.4, -0.2) is 29.2 Å². The van der Waals surface area contributed by atoms with E-state index in [1.807, 2.05) is 6.92 Å². The fraction of sp³-hybridized carbons (Fsp3) is 0.533. The van der Waals surface area contributed by atoms with Gasteiger partial charge in [0, 0.05) is 30.1 Å².